The lowest BCUT2D eigenvalue weighted by Gasteiger charge is -2.49. The zero-order valence-electron chi connectivity index (χ0n) is 46.5. The topological polar surface area (TPSA) is 22.9 Å². The molecule has 0 amide bonds. The number of hydrogen-bond donors (Lipinski definition) is 0. The van der Waals surface area contributed by atoms with Gasteiger partial charge in [0.05, 0.1) is 22.7 Å². The summed E-state index contributed by atoms with van der Waals surface area (Å²) in [6.07, 6.45) is 2.19. The standard InChI is InChI=1S/C70H72BN3O/c1-66(2,3)46-29-33-51(34-30-46)73-58-43-52(72(49-25-19-15-20-26-49)50-27-21-16-22-28-50)44-59-62(58)71(65-63(73)54-42-48(68(7,8)9)32-38-60(54)75-65)56-36-35-55-61(70(12,13)40-39-69(55,10)11)64(56)74(59)57-37-31-47(67(4,5)6)41-53(57)45-23-17-14-18-24-45/h14-38,41-44H,39-40H2,1-13H3. The molecule has 0 fully saturated rings. The van der Waals surface area contributed by atoms with Gasteiger partial charge >= 0.3 is 0 Å². The molecular formula is C70H72BN3O. The van der Waals surface area contributed by atoms with E-state index >= 15 is 0 Å². The van der Waals surface area contributed by atoms with Gasteiger partial charge in [-0.25, -0.2) is 0 Å². The minimum atomic E-state index is -0.219. The Bertz CT molecular complexity index is 3620. The second-order valence-electron chi connectivity index (χ2n) is 26.1. The molecule has 3 heterocycles. The molecule has 0 saturated heterocycles. The molecule has 2 aliphatic heterocycles. The summed E-state index contributed by atoms with van der Waals surface area (Å²) in [6, 6.07) is 66.5. The molecular weight excluding hydrogens is 910 g/mol. The first kappa shape index (κ1) is 48.7. The van der Waals surface area contributed by atoms with Crippen LogP contribution in [0.15, 0.2) is 180 Å². The lowest BCUT2D eigenvalue weighted by Crippen LogP contribution is -2.61. The van der Waals surface area contributed by atoms with E-state index < -0.39 is 0 Å². The predicted molar refractivity (Wildman–Crippen MR) is 322 cm³/mol. The first-order valence-corrected chi connectivity index (χ1v) is 27.3. The molecule has 0 bridgehead atoms. The van der Waals surface area contributed by atoms with Gasteiger partial charge in [-0.05, 0) is 157 Å². The Morgan fingerprint density at radius 1 is 0.480 bits per heavy atom. The first-order chi connectivity index (χ1) is 35.6. The van der Waals surface area contributed by atoms with Crippen molar-refractivity contribution < 1.29 is 4.42 Å². The van der Waals surface area contributed by atoms with Gasteiger partial charge in [-0.15, -0.1) is 0 Å². The van der Waals surface area contributed by atoms with Gasteiger partial charge < -0.3 is 19.1 Å². The maximum absolute atomic E-state index is 7.56. The Hall–Kier alpha value is -7.24. The van der Waals surface area contributed by atoms with Crippen molar-refractivity contribution >= 4 is 85.5 Å². The molecule has 75 heavy (non-hydrogen) atoms. The van der Waals surface area contributed by atoms with Crippen LogP contribution in [0.4, 0.5) is 51.2 Å². The number of hydrogen-bond acceptors (Lipinski definition) is 4. The number of nitrogens with zero attached hydrogens (tertiary/aromatic N) is 3. The average molecular weight is 982 g/mol. The number of para-hydroxylation sites is 2. The van der Waals surface area contributed by atoms with E-state index in [2.05, 4.69) is 281 Å². The largest absolute Gasteiger partial charge is 0.468 e. The molecule has 8 aromatic carbocycles. The highest BCUT2D eigenvalue weighted by atomic mass is 16.3. The quantitative estimate of drug-likeness (QED) is 0.155. The summed E-state index contributed by atoms with van der Waals surface area (Å²) in [5, 5.41) is 1.13. The van der Waals surface area contributed by atoms with Crippen molar-refractivity contribution in [3.05, 3.63) is 204 Å². The zero-order valence-corrected chi connectivity index (χ0v) is 46.5. The van der Waals surface area contributed by atoms with Crippen molar-refractivity contribution in [2.24, 2.45) is 0 Å². The van der Waals surface area contributed by atoms with Gasteiger partial charge in [-0.3, -0.25) is 0 Å². The predicted octanol–water partition coefficient (Wildman–Crippen LogP) is 17.9. The Kier molecular flexibility index (Phi) is 11.1. The van der Waals surface area contributed by atoms with Crippen molar-refractivity contribution in [2.45, 2.75) is 130 Å². The molecule has 0 saturated carbocycles. The van der Waals surface area contributed by atoms with Gasteiger partial charge in [-0.2, -0.15) is 0 Å². The number of fused-ring (bicyclic) bond motifs is 8. The normalized spacial score (nSPS) is 15.6. The summed E-state index contributed by atoms with van der Waals surface area (Å²) < 4.78 is 7.56. The van der Waals surface area contributed by atoms with Gasteiger partial charge in [0.25, 0.3) is 6.71 Å². The van der Waals surface area contributed by atoms with Crippen molar-refractivity contribution in [1.29, 1.82) is 0 Å². The van der Waals surface area contributed by atoms with Crippen LogP contribution < -0.4 is 31.3 Å². The highest BCUT2D eigenvalue weighted by Gasteiger charge is 2.51. The lowest BCUT2D eigenvalue weighted by molar-refractivity contribution is 0.333. The Labute approximate surface area is 447 Å². The minimum absolute atomic E-state index is 0.0176. The fourth-order valence-corrected chi connectivity index (χ4v) is 12.6. The third kappa shape index (κ3) is 8.03. The summed E-state index contributed by atoms with van der Waals surface area (Å²) in [5.74, 6) is 0. The summed E-state index contributed by atoms with van der Waals surface area (Å²) in [4.78, 5) is 7.73. The lowest BCUT2D eigenvalue weighted by atomic mass is 9.35. The summed E-state index contributed by atoms with van der Waals surface area (Å²) in [6.45, 7) is 30.5. The van der Waals surface area contributed by atoms with Gasteiger partial charge in [0.1, 0.15) is 5.58 Å². The third-order valence-corrected chi connectivity index (χ3v) is 16.9. The fraction of sp³-hybridized carbons (Fsp3) is 0.286. The van der Waals surface area contributed by atoms with Gasteiger partial charge in [-0.1, -0.05) is 193 Å². The van der Waals surface area contributed by atoms with Crippen LogP contribution in [0, 0.1) is 0 Å². The number of benzene rings is 8. The second-order valence-corrected chi connectivity index (χ2v) is 26.1. The molecule has 4 nitrogen and oxygen atoms in total. The van der Waals surface area contributed by atoms with E-state index in [0.717, 1.165) is 75.0 Å². The zero-order chi connectivity index (χ0) is 52.6. The number of anilines is 9. The minimum Gasteiger partial charge on any atom is -0.468 e. The molecule has 0 N–H and O–H groups in total. The Morgan fingerprint density at radius 2 is 1.01 bits per heavy atom. The van der Waals surface area contributed by atoms with Crippen LogP contribution >= 0.6 is 0 Å². The summed E-state index contributed by atoms with van der Waals surface area (Å²) >= 11 is 0. The van der Waals surface area contributed by atoms with Crippen LogP contribution in [-0.2, 0) is 27.1 Å². The Balaban J connectivity index is 1.29. The summed E-state index contributed by atoms with van der Waals surface area (Å²) in [5.41, 5.74) is 23.4. The smallest absolute Gasteiger partial charge is 0.297 e. The van der Waals surface area contributed by atoms with E-state index in [4.69, 9.17) is 4.42 Å². The van der Waals surface area contributed by atoms with Crippen LogP contribution in [0.2, 0.25) is 0 Å². The molecule has 5 heteroatoms. The van der Waals surface area contributed by atoms with E-state index in [1.54, 1.807) is 0 Å². The van der Waals surface area contributed by atoms with Gasteiger partial charge in [0.15, 0.2) is 0 Å². The first-order valence-electron chi connectivity index (χ1n) is 27.3. The molecule has 12 rings (SSSR count). The molecule has 0 atom stereocenters. The Morgan fingerprint density at radius 3 is 1.61 bits per heavy atom. The molecule has 1 aliphatic carbocycles. The monoisotopic (exact) mass is 982 g/mol. The van der Waals surface area contributed by atoms with Crippen LogP contribution in [-0.4, -0.2) is 6.71 Å². The van der Waals surface area contributed by atoms with Crippen LogP contribution in [0.25, 0.3) is 22.1 Å². The van der Waals surface area contributed by atoms with Crippen molar-refractivity contribution in [3.8, 4) is 11.1 Å². The van der Waals surface area contributed by atoms with E-state index in [0.29, 0.717) is 0 Å². The molecule has 376 valence electrons. The molecule has 1 aromatic heterocycles. The van der Waals surface area contributed by atoms with Crippen LogP contribution in [0.3, 0.4) is 0 Å². The maximum atomic E-state index is 7.56. The molecule has 0 radical (unpaired) electrons. The van der Waals surface area contributed by atoms with Crippen LogP contribution in [0.5, 0.6) is 0 Å². The van der Waals surface area contributed by atoms with E-state index in [-0.39, 0.29) is 33.8 Å². The average Bonchev–Trinajstić information content (AvgIpc) is 3.97. The third-order valence-electron chi connectivity index (χ3n) is 16.9. The summed E-state index contributed by atoms with van der Waals surface area (Å²) in [7, 11) is 0. The van der Waals surface area contributed by atoms with Crippen molar-refractivity contribution in [3.63, 3.8) is 0 Å². The molecule has 0 unspecified atom stereocenters. The maximum Gasteiger partial charge on any atom is 0.297 e. The number of furan rings is 1. The molecule has 0 spiro atoms. The van der Waals surface area contributed by atoms with Gasteiger partial charge in [0.2, 0.25) is 0 Å². The highest BCUT2D eigenvalue weighted by molar-refractivity contribution is 7.00. The van der Waals surface area contributed by atoms with Gasteiger partial charge in [0, 0.05) is 45.1 Å². The van der Waals surface area contributed by atoms with E-state index in [9.17, 15) is 0 Å². The second kappa shape index (κ2) is 17.1. The molecule has 9 aromatic rings. The SMILES string of the molecule is CC(C)(C)c1ccc(N2c3cc(N(c4ccccc4)c4ccccc4)cc4c3B(c3ccc5c(c3N4c3ccc(C(C)(C)C)cc3-c3ccccc3)C(C)(C)CCC5(C)C)c3oc4ccc(C(C)(C)C)cc4c32)cc1. The highest BCUT2D eigenvalue weighted by Crippen LogP contribution is 2.56. The van der Waals surface area contributed by atoms with Crippen LogP contribution in [0.1, 0.15) is 131 Å². The van der Waals surface area contributed by atoms with E-state index in [1.807, 2.05) is 0 Å². The fourth-order valence-electron chi connectivity index (χ4n) is 12.6. The number of rotatable bonds is 6. The van der Waals surface area contributed by atoms with E-state index in [1.165, 1.54) is 55.6 Å². The molecule has 3 aliphatic rings. The van der Waals surface area contributed by atoms with Crippen molar-refractivity contribution in [1.82, 2.24) is 0 Å². The van der Waals surface area contributed by atoms with Crippen molar-refractivity contribution in [2.75, 3.05) is 14.7 Å².